The lowest BCUT2D eigenvalue weighted by molar-refractivity contribution is 0.0950. The molecule has 3 aromatic carbocycles. The maximum Gasteiger partial charge on any atom is 0.323 e. The number of carbonyl (C=O) groups is 2. The van der Waals surface area contributed by atoms with E-state index in [-0.39, 0.29) is 23.4 Å². The number of benzene rings is 3. The molecule has 0 fully saturated rings. The van der Waals surface area contributed by atoms with E-state index in [1.807, 2.05) is 37.3 Å². The van der Waals surface area contributed by atoms with Gasteiger partial charge in [0.15, 0.2) is 9.84 Å². The highest BCUT2D eigenvalue weighted by Gasteiger charge is 2.19. The highest BCUT2D eigenvalue weighted by Crippen LogP contribution is 2.17. The number of sulfone groups is 1. The molecule has 0 aliphatic rings. The van der Waals surface area contributed by atoms with E-state index in [1.54, 1.807) is 32.0 Å². The highest BCUT2D eigenvalue weighted by molar-refractivity contribution is 7.92. The van der Waals surface area contributed by atoms with Crippen LogP contribution >= 0.6 is 0 Å². The van der Waals surface area contributed by atoms with Crippen molar-refractivity contribution in [1.82, 2.24) is 5.32 Å². The second-order valence-corrected chi connectivity index (χ2v) is 10.5. The van der Waals surface area contributed by atoms with Crippen LogP contribution in [0.4, 0.5) is 16.2 Å². The lowest BCUT2D eigenvalue weighted by atomic mass is 10.1. The lowest BCUT2D eigenvalue weighted by Crippen LogP contribution is -2.23. The molecule has 3 aromatic rings. The first kappa shape index (κ1) is 24.0. The summed E-state index contributed by atoms with van der Waals surface area (Å²) in [6.45, 7) is 5.43. The van der Waals surface area contributed by atoms with Crippen molar-refractivity contribution in [2.45, 2.75) is 37.5 Å². The van der Waals surface area contributed by atoms with Gasteiger partial charge in [-0.05, 0) is 80.4 Å². The van der Waals surface area contributed by atoms with Gasteiger partial charge >= 0.3 is 6.03 Å². The van der Waals surface area contributed by atoms with Gasteiger partial charge < -0.3 is 16.0 Å². The Balaban J connectivity index is 1.58. The van der Waals surface area contributed by atoms with Crippen LogP contribution in [0.2, 0.25) is 0 Å². The van der Waals surface area contributed by atoms with Gasteiger partial charge in [0.2, 0.25) is 0 Å². The molecule has 3 amide bonds. The molecule has 0 saturated heterocycles. The molecule has 0 unspecified atom stereocenters. The van der Waals surface area contributed by atoms with Crippen LogP contribution in [-0.2, 0) is 16.4 Å². The third kappa shape index (κ3) is 6.43. The van der Waals surface area contributed by atoms with Gasteiger partial charge in [0.1, 0.15) is 0 Å². The molecule has 7 nitrogen and oxygen atoms in total. The lowest BCUT2D eigenvalue weighted by Gasteiger charge is -2.11. The molecule has 3 N–H and O–H groups in total. The van der Waals surface area contributed by atoms with Gasteiger partial charge in [0, 0.05) is 23.5 Å². The van der Waals surface area contributed by atoms with E-state index in [4.69, 9.17) is 0 Å². The van der Waals surface area contributed by atoms with E-state index in [9.17, 15) is 18.0 Å². The summed E-state index contributed by atoms with van der Waals surface area (Å²) in [4.78, 5) is 24.9. The third-order valence-electron chi connectivity index (χ3n) is 4.98. The van der Waals surface area contributed by atoms with E-state index < -0.39 is 15.1 Å². The first-order valence-electron chi connectivity index (χ1n) is 10.5. The zero-order chi connectivity index (χ0) is 24.0. The maximum atomic E-state index is 12.5. The van der Waals surface area contributed by atoms with Crippen LogP contribution in [0.5, 0.6) is 0 Å². The fourth-order valence-corrected chi connectivity index (χ4v) is 4.19. The van der Waals surface area contributed by atoms with Crippen molar-refractivity contribution < 1.29 is 18.0 Å². The van der Waals surface area contributed by atoms with Crippen molar-refractivity contribution in [3.63, 3.8) is 0 Å². The predicted octanol–water partition coefficient (Wildman–Crippen LogP) is 4.75. The summed E-state index contributed by atoms with van der Waals surface area (Å²) in [6.07, 6.45) is 0. The van der Waals surface area contributed by atoms with Crippen molar-refractivity contribution in [2.24, 2.45) is 0 Å². The average Bonchev–Trinajstić information content (AvgIpc) is 2.77. The molecule has 3 rings (SSSR count). The van der Waals surface area contributed by atoms with Crippen LogP contribution in [0.1, 0.15) is 35.3 Å². The number of amides is 3. The van der Waals surface area contributed by atoms with E-state index in [1.165, 1.54) is 24.3 Å². The molecule has 0 bridgehead atoms. The molecule has 0 saturated carbocycles. The van der Waals surface area contributed by atoms with Crippen LogP contribution in [-0.4, -0.2) is 25.6 Å². The maximum absolute atomic E-state index is 12.5. The highest BCUT2D eigenvalue weighted by atomic mass is 32.2. The average molecular weight is 466 g/mol. The minimum absolute atomic E-state index is 0.191. The zero-order valence-corrected chi connectivity index (χ0v) is 19.6. The summed E-state index contributed by atoms with van der Waals surface area (Å²) >= 11 is 0. The van der Waals surface area contributed by atoms with Crippen molar-refractivity contribution in [3.05, 3.63) is 89.5 Å². The quantitative estimate of drug-likeness (QED) is 0.468. The van der Waals surface area contributed by atoms with Gasteiger partial charge in [0.05, 0.1) is 10.1 Å². The van der Waals surface area contributed by atoms with Gasteiger partial charge in [-0.3, -0.25) is 4.79 Å². The number of hydrogen-bond acceptors (Lipinski definition) is 4. The fraction of sp³-hybridized carbons (Fsp3) is 0.200. The first-order valence-corrected chi connectivity index (χ1v) is 12.1. The molecule has 0 aliphatic carbocycles. The molecular formula is C25H27N3O4S. The fourth-order valence-electron chi connectivity index (χ4n) is 3.13. The second kappa shape index (κ2) is 10.3. The molecule has 0 atom stereocenters. The number of urea groups is 1. The molecule has 0 heterocycles. The standard InChI is InChI=1S/C25H27N3O4S/c1-17(2)33(31,32)23-12-10-20(11-13-23)24(29)26-16-19-7-5-9-22(15-19)28-25(30)27-21-8-4-6-18(3)14-21/h4-15,17H,16H2,1-3H3,(H,26,29)(H2,27,28,30). The minimum Gasteiger partial charge on any atom is -0.348 e. The molecular weight excluding hydrogens is 438 g/mol. The van der Waals surface area contributed by atoms with Gasteiger partial charge in [-0.15, -0.1) is 0 Å². The molecule has 33 heavy (non-hydrogen) atoms. The number of hydrogen-bond donors (Lipinski definition) is 3. The van der Waals surface area contributed by atoms with Crippen LogP contribution in [0.15, 0.2) is 77.7 Å². The Morgan fingerprint density at radius 3 is 2.06 bits per heavy atom. The predicted molar refractivity (Wildman–Crippen MR) is 130 cm³/mol. The topological polar surface area (TPSA) is 104 Å². The summed E-state index contributed by atoms with van der Waals surface area (Å²) in [5.74, 6) is -0.320. The van der Waals surface area contributed by atoms with E-state index >= 15 is 0 Å². The molecule has 8 heteroatoms. The molecule has 0 spiro atoms. The minimum atomic E-state index is -3.38. The Hall–Kier alpha value is -3.65. The Morgan fingerprint density at radius 2 is 1.45 bits per heavy atom. The first-order chi connectivity index (χ1) is 15.6. The second-order valence-electron chi connectivity index (χ2n) is 7.95. The number of anilines is 2. The SMILES string of the molecule is Cc1cccc(NC(=O)Nc2cccc(CNC(=O)c3ccc(S(=O)(=O)C(C)C)cc3)c2)c1. The molecule has 0 radical (unpaired) electrons. The van der Waals surface area contributed by atoms with Gasteiger partial charge in [-0.25, -0.2) is 13.2 Å². The largest absolute Gasteiger partial charge is 0.348 e. The van der Waals surface area contributed by atoms with E-state index in [0.717, 1.165) is 11.1 Å². The summed E-state index contributed by atoms with van der Waals surface area (Å²) < 4.78 is 24.4. The van der Waals surface area contributed by atoms with Crippen LogP contribution in [0.3, 0.4) is 0 Å². The zero-order valence-electron chi connectivity index (χ0n) is 18.8. The summed E-state index contributed by atoms with van der Waals surface area (Å²) in [5, 5.41) is 7.84. The molecule has 172 valence electrons. The van der Waals surface area contributed by atoms with E-state index in [2.05, 4.69) is 16.0 Å². The van der Waals surface area contributed by atoms with Crippen LogP contribution in [0.25, 0.3) is 0 Å². The monoisotopic (exact) mass is 465 g/mol. The molecule has 0 aliphatic heterocycles. The van der Waals surface area contributed by atoms with Crippen molar-refractivity contribution in [2.75, 3.05) is 10.6 Å². The number of aryl methyl sites for hydroxylation is 1. The summed E-state index contributed by atoms with van der Waals surface area (Å²) in [7, 11) is -3.38. The Morgan fingerprint density at radius 1 is 0.848 bits per heavy atom. The van der Waals surface area contributed by atoms with Crippen LogP contribution < -0.4 is 16.0 Å². The van der Waals surface area contributed by atoms with Crippen molar-refractivity contribution in [1.29, 1.82) is 0 Å². The number of nitrogens with one attached hydrogen (secondary N) is 3. The van der Waals surface area contributed by atoms with Crippen LogP contribution in [0, 0.1) is 6.92 Å². The normalized spacial score (nSPS) is 11.2. The smallest absolute Gasteiger partial charge is 0.323 e. The van der Waals surface area contributed by atoms with Gasteiger partial charge in [0.25, 0.3) is 5.91 Å². The Kier molecular flexibility index (Phi) is 7.50. The third-order valence-corrected chi connectivity index (χ3v) is 7.15. The summed E-state index contributed by atoms with van der Waals surface area (Å²) in [5.41, 5.74) is 3.50. The Labute approximate surface area is 194 Å². The number of carbonyl (C=O) groups excluding carboxylic acids is 2. The molecule has 0 aromatic heterocycles. The van der Waals surface area contributed by atoms with E-state index in [0.29, 0.717) is 16.9 Å². The number of rotatable bonds is 7. The van der Waals surface area contributed by atoms with Crippen molar-refractivity contribution >= 4 is 33.2 Å². The van der Waals surface area contributed by atoms with Gasteiger partial charge in [-0.1, -0.05) is 24.3 Å². The van der Waals surface area contributed by atoms with Gasteiger partial charge in [-0.2, -0.15) is 0 Å². The summed E-state index contributed by atoms with van der Waals surface area (Å²) in [6, 6.07) is 20.2. The van der Waals surface area contributed by atoms with Crippen molar-refractivity contribution in [3.8, 4) is 0 Å². The Bertz CT molecular complexity index is 1250.